The topological polar surface area (TPSA) is 26.3 Å². The number of fused-ring (bicyclic) bond motifs is 5. The van der Waals surface area contributed by atoms with Gasteiger partial charge in [0.05, 0.1) is 5.92 Å². The molecule has 4 rings (SSSR count). The first-order valence-electron chi connectivity index (χ1n) is 7.34. The first-order chi connectivity index (χ1) is 10.3. The lowest BCUT2D eigenvalue weighted by atomic mass is 9.78. The highest BCUT2D eigenvalue weighted by Crippen LogP contribution is 2.49. The molecular weight excluding hydrogens is 280 g/mol. The summed E-state index contributed by atoms with van der Waals surface area (Å²) in [4.78, 5) is 13.6. The van der Waals surface area contributed by atoms with Gasteiger partial charge in [-0.2, -0.15) is 0 Å². The van der Waals surface area contributed by atoms with Crippen LogP contribution in [0, 0.1) is 5.92 Å². The average molecular weight is 296 g/mol. The van der Waals surface area contributed by atoms with Crippen LogP contribution in [0.5, 0.6) is 5.75 Å². The van der Waals surface area contributed by atoms with E-state index in [2.05, 4.69) is 31.2 Å². The predicted molar refractivity (Wildman–Crippen MR) is 84.0 cm³/mol. The van der Waals surface area contributed by atoms with Gasteiger partial charge < -0.3 is 4.74 Å². The van der Waals surface area contributed by atoms with Crippen LogP contribution >= 0.6 is 11.8 Å². The maximum Gasteiger partial charge on any atom is 0.316 e. The Hall–Kier alpha value is -1.74. The van der Waals surface area contributed by atoms with Crippen LogP contribution < -0.4 is 4.74 Å². The van der Waals surface area contributed by atoms with Gasteiger partial charge in [0, 0.05) is 22.1 Å². The van der Waals surface area contributed by atoms with Gasteiger partial charge in [0.2, 0.25) is 0 Å². The Morgan fingerprint density at radius 3 is 2.90 bits per heavy atom. The Morgan fingerprint density at radius 1 is 1.19 bits per heavy atom. The van der Waals surface area contributed by atoms with Crippen LogP contribution in [0.1, 0.15) is 29.5 Å². The molecule has 2 atom stereocenters. The van der Waals surface area contributed by atoms with Crippen molar-refractivity contribution in [2.45, 2.75) is 24.2 Å². The predicted octanol–water partition coefficient (Wildman–Crippen LogP) is 4.02. The third-order valence-corrected chi connectivity index (χ3v) is 5.61. The molecule has 0 bridgehead atoms. The highest BCUT2D eigenvalue weighted by atomic mass is 32.2. The van der Waals surface area contributed by atoms with Crippen molar-refractivity contribution < 1.29 is 9.53 Å². The van der Waals surface area contributed by atoms with E-state index in [1.165, 1.54) is 16.0 Å². The zero-order valence-electron chi connectivity index (χ0n) is 11.8. The monoisotopic (exact) mass is 296 g/mol. The fraction of sp³-hybridized carbons (Fsp3) is 0.278. The van der Waals surface area contributed by atoms with E-state index in [1.807, 2.05) is 18.2 Å². The minimum absolute atomic E-state index is 0.0653. The van der Waals surface area contributed by atoms with Gasteiger partial charge in [-0.15, -0.1) is 11.8 Å². The van der Waals surface area contributed by atoms with Crippen LogP contribution in [0.15, 0.2) is 47.4 Å². The molecule has 0 aromatic heterocycles. The number of carbonyl (C=O) groups excluding carboxylic acids is 1. The van der Waals surface area contributed by atoms with Crippen LogP contribution in [0.4, 0.5) is 0 Å². The zero-order chi connectivity index (χ0) is 14.4. The average Bonchev–Trinajstić information content (AvgIpc) is 2.54. The summed E-state index contributed by atoms with van der Waals surface area (Å²) < 4.78 is 5.52. The van der Waals surface area contributed by atoms with Gasteiger partial charge >= 0.3 is 5.97 Å². The molecule has 2 unspecified atom stereocenters. The van der Waals surface area contributed by atoms with E-state index < -0.39 is 0 Å². The Balaban J connectivity index is 1.93. The maximum atomic E-state index is 12.3. The lowest BCUT2D eigenvalue weighted by molar-refractivity contribution is -0.140. The fourth-order valence-electron chi connectivity index (χ4n) is 3.29. The molecule has 2 aromatic carbocycles. The van der Waals surface area contributed by atoms with E-state index in [0.29, 0.717) is 0 Å². The lowest BCUT2D eigenvalue weighted by Crippen LogP contribution is -2.36. The number of benzene rings is 2. The summed E-state index contributed by atoms with van der Waals surface area (Å²) >= 11 is 1.77. The van der Waals surface area contributed by atoms with Crippen molar-refractivity contribution in [3.8, 4) is 5.75 Å². The van der Waals surface area contributed by atoms with Crippen molar-refractivity contribution in [1.82, 2.24) is 0 Å². The molecule has 106 valence electrons. The molecular formula is C18H16O2S. The van der Waals surface area contributed by atoms with E-state index >= 15 is 0 Å². The number of para-hydroxylation sites is 1. The summed E-state index contributed by atoms with van der Waals surface area (Å²) in [6.07, 6.45) is 1.02. The number of aryl methyl sites for hydroxylation is 1. The highest BCUT2D eigenvalue weighted by molar-refractivity contribution is 7.99. The maximum absolute atomic E-state index is 12.3. The molecule has 0 amide bonds. The SMILES string of the molecule is CCc1ccc2c(c1)C1c3ccccc3OC(=O)C1CS2. The largest absolute Gasteiger partial charge is 0.426 e. The van der Waals surface area contributed by atoms with Crippen LogP contribution in [0.3, 0.4) is 0 Å². The smallest absolute Gasteiger partial charge is 0.316 e. The molecule has 0 aliphatic carbocycles. The van der Waals surface area contributed by atoms with Crippen LogP contribution in [-0.2, 0) is 11.2 Å². The van der Waals surface area contributed by atoms with E-state index in [4.69, 9.17) is 4.74 Å². The van der Waals surface area contributed by atoms with Gasteiger partial charge in [-0.3, -0.25) is 4.79 Å². The van der Waals surface area contributed by atoms with Gasteiger partial charge in [-0.1, -0.05) is 37.3 Å². The fourth-order valence-corrected chi connectivity index (χ4v) is 4.49. The van der Waals surface area contributed by atoms with Crippen molar-refractivity contribution in [1.29, 1.82) is 0 Å². The minimum Gasteiger partial charge on any atom is -0.426 e. The van der Waals surface area contributed by atoms with E-state index in [-0.39, 0.29) is 17.8 Å². The molecule has 2 aliphatic rings. The van der Waals surface area contributed by atoms with Crippen LogP contribution in [0.2, 0.25) is 0 Å². The van der Waals surface area contributed by atoms with Gasteiger partial charge in [0.15, 0.2) is 0 Å². The first kappa shape index (κ1) is 13.0. The summed E-state index contributed by atoms with van der Waals surface area (Å²) in [6, 6.07) is 14.6. The van der Waals surface area contributed by atoms with Crippen molar-refractivity contribution >= 4 is 17.7 Å². The second-order valence-electron chi connectivity index (χ2n) is 5.58. The molecule has 3 heteroatoms. The van der Waals surface area contributed by atoms with Gasteiger partial charge in [0.25, 0.3) is 0 Å². The first-order valence-corrected chi connectivity index (χ1v) is 8.32. The second kappa shape index (κ2) is 4.92. The molecule has 0 spiro atoms. The summed E-state index contributed by atoms with van der Waals surface area (Å²) in [5.41, 5.74) is 3.77. The Labute approximate surface area is 128 Å². The molecule has 0 saturated carbocycles. The number of esters is 1. The van der Waals surface area contributed by atoms with E-state index in [1.54, 1.807) is 11.8 Å². The summed E-state index contributed by atoms with van der Waals surface area (Å²) in [7, 11) is 0. The quantitative estimate of drug-likeness (QED) is 0.587. The number of ether oxygens (including phenoxy) is 1. The molecule has 0 saturated heterocycles. The Bertz CT molecular complexity index is 723. The lowest BCUT2D eigenvalue weighted by Gasteiger charge is -2.36. The zero-order valence-corrected chi connectivity index (χ0v) is 12.7. The number of rotatable bonds is 1. The second-order valence-corrected chi connectivity index (χ2v) is 6.64. The van der Waals surface area contributed by atoms with E-state index in [0.717, 1.165) is 23.5 Å². The summed E-state index contributed by atoms with van der Waals surface area (Å²) in [5, 5.41) is 0. The summed E-state index contributed by atoms with van der Waals surface area (Å²) in [5.74, 6) is 1.52. The normalized spacial score (nSPS) is 22.8. The van der Waals surface area contributed by atoms with Crippen molar-refractivity contribution in [2.75, 3.05) is 5.75 Å². The van der Waals surface area contributed by atoms with Gasteiger partial charge in [-0.05, 0) is 29.7 Å². The molecule has 0 N–H and O–H groups in total. The van der Waals surface area contributed by atoms with Crippen LogP contribution in [0.25, 0.3) is 0 Å². The number of hydrogen-bond donors (Lipinski definition) is 0. The number of thioether (sulfide) groups is 1. The molecule has 21 heavy (non-hydrogen) atoms. The van der Waals surface area contributed by atoms with E-state index in [9.17, 15) is 4.79 Å². The highest BCUT2D eigenvalue weighted by Gasteiger charge is 2.42. The molecule has 2 nitrogen and oxygen atoms in total. The molecule has 2 aliphatic heterocycles. The number of hydrogen-bond acceptors (Lipinski definition) is 3. The number of carbonyl (C=O) groups is 1. The standard InChI is InChI=1S/C18H16O2S/c1-2-11-7-8-16-13(9-11)17-12-5-3-4-6-15(12)20-18(19)14(17)10-21-16/h3-9,14,17H,2,10H2,1H3. The van der Waals surface area contributed by atoms with Crippen molar-refractivity contribution in [3.63, 3.8) is 0 Å². The van der Waals surface area contributed by atoms with Gasteiger partial charge in [-0.25, -0.2) is 0 Å². The third-order valence-electron chi connectivity index (χ3n) is 4.41. The third kappa shape index (κ3) is 1.99. The van der Waals surface area contributed by atoms with Crippen molar-refractivity contribution in [3.05, 3.63) is 59.2 Å². The Morgan fingerprint density at radius 2 is 2.05 bits per heavy atom. The Kier molecular flexibility index (Phi) is 3.03. The van der Waals surface area contributed by atoms with Gasteiger partial charge in [0.1, 0.15) is 5.75 Å². The van der Waals surface area contributed by atoms with Crippen molar-refractivity contribution in [2.24, 2.45) is 5.92 Å². The molecule has 2 aromatic rings. The molecule has 0 radical (unpaired) electrons. The van der Waals surface area contributed by atoms with Crippen LogP contribution in [-0.4, -0.2) is 11.7 Å². The molecule has 0 fully saturated rings. The molecule has 2 heterocycles. The summed E-state index contributed by atoms with van der Waals surface area (Å²) in [6.45, 7) is 2.16. The minimum atomic E-state index is -0.0845.